The smallest absolute Gasteiger partial charge is 0.164 e. The summed E-state index contributed by atoms with van der Waals surface area (Å²) in [4.78, 5) is 12.2. The Morgan fingerprint density at radius 2 is 1.80 bits per heavy atom. The second kappa shape index (κ2) is 8.11. The standard InChI is InChI=1S/C16H30O4/c1-5-13(8-7-11(3)17)16(19)15(18)10(2)6-9-14-12(4)20-14/h10-14,16-17,19H,5-9H2,1-4H3. The zero-order valence-electron chi connectivity index (χ0n) is 13.2. The van der Waals surface area contributed by atoms with Gasteiger partial charge < -0.3 is 14.9 Å². The number of ketones is 1. The molecule has 4 nitrogen and oxygen atoms in total. The second-order valence-electron chi connectivity index (χ2n) is 6.30. The minimum Gasteiger partial charge on any atom is -0.393 e. The van der Waals surface area contributed by atoms with Crippen LogP contribution in [0.15, 0.2) is 0 Å². The number of aliphatic hydroxyl groups is 2. The molecule has 1 fully saturated rings. The van der Waals surface area contributed by atoms with Crippen molar-refractivity contribution < 1.29 is 19.7 Å². The molecule has 118 valence electrons. The molecule has 1 rings (SSSR count). The van der Waals surface area contributed by atoms with Crippen LogP contribution in [0.3, 0.4) is 0 Å². The van der Waals surface area contributed by atoms with E-state index in [4.69, 9.17) is 4.74 Å². The monoisotopic (exact) mass is 286 g/mol. The Hall–Kier alpha value is -0.450. The summed E-state index contributed by atoms with van der Waals surface area (Å²) in [5.74, 6) is -0.228. The highest BCUT2D eigenvalue weighted by molar-refractivity contribution is 5.85. The van der Waals surface area contributed by atoms with Gasteiger partial charge in [0.1, 0.15) is 6.10 Å². The number of ether oxygens (including phenoxy) is 1. The van der Waals surface area contributed by atoms with E-state index < -0.39 is 6.10 Å². The molecule has 1 saturated heterocycles. The van der Waals surface area contributed by atoms with Crippen molar-refractivity contribution in [3.05, 3.63) is 0 Å². The molecule has 1 aliphatic heterocycles. The van der Waals surface area contributed by atoms with Gasteiger partial charge in [-0.3, -0.25) is 4.79 Å². The largest absolute Gasteiger partial charge is 0.393 e. The lowest BCUT2D eigenvalue weighted by Gasteiger charge is -2.23. The molecule has 0 amide bonds. The third kappa shape index (κ3) is 5.51. The van der Waals surface area contributed by atoms with Gasteiger partial charge in [0.25, 0.3) is 0 Å². The summed E-state index contributed by atoms with van der Waals surface area (Å²) >= 11 is 0. The molecule has 6 unspecified atom stereocenters. The van der Waals surface area contributed by atoms with E-state index in [-0.39, 0.29) is 23.7 Å². The minimum atomic E-state index is -0.897. The van der Waals surface area contributed by atoms with Crippen molar-refractivity contribution in [1.29, 1.82) is 0 Å². The number of epoxide rings is 1. The summed E-state index contributed by atoms with van der Waals surface area (Å²) in [7, 11) is 0. The van der Waals surface area contributed by atoms with Crippen molar-refractivity contribution in [2.24, 2.45) is 11.8 Å². The highest BCUT2D eigenvalue weighted by Gasteiger charge is 2.35. The highest BCUT2D eigenvalue weighted by Crippen LogP contribution is 2.28. The lowest BCUT2D eigenvalue weighted by atomic mass is 9.85. The molecule has 20 heavy (non-hydrogen) atoms. The first-order valence-electron chi connectivity index (χ1n) is 7.92. The molecular weight excluding hydrogens is 256 g/mol. The first-order chi connectivity index (χ1) is 9.36. The Morgan fingerprint density at radius 3 is 2.25 bits per heavy atom. The normalized spacial score (nSPS) is 27.7. The van der Waals surface area contributed by atoms with E-state index in [0.717, 1.165) is 19.3 Å². The lowest BCUT2D eigenvalue weighted by molar-refractivity contribution is -0.134. The molecule has 0 aromatic heterocycles. The van der Waals surface area contributed by atoms with E-state index >= 15 is 0 Å². The number of hydrogen-bond donors (Lipinski definition) is 2. The predicted molar refractivity (Wildman–Crippen MR) is 78.4 cm³/mol. The molecule has 0 aromatic rings. The first kappa shape index (κ1) is 17.6. The number of hydrogen-bond acceptors (Lipinski definition) is 4. The average molecular weight is 286 g/mol. The lowest BCUT2D eigenvalue weighted by Crippen LogP contribution is -2.34. The van der Waals surface area contributed by atoms with Crippen molar-refractivity contribution in [3.63, 3.8) is 0 Å². The number of carbonyl (C=O) groups is 1. The summed E-state index contributed by atoms with van der Waals surface area (Å²) < 4.78 is 5.34. The molecule has 6 atom stereocenters. The van der Waals surface area contributed by atoms with E-state index in [1.165, 1.54) is 0 Å². The molecule has 1 heterocycles. The maximum Gasteiger partial charge on any atom is 0.164 e. The molecule has 0 radical (unpaired) electrons. The van der Waals surface area contributed by atoms with Crippen molar-refractivity contribution in [1.82, 2.24) is 0 Å². The molecule has 4 heteroatoms. The van der Waals surface area contributed by atoms with Gasteiger partial charge in [-0.25, -0.2) is 0 Å². The van der Waals surface area contributed by atoms with Crippen molar-refractivity contribution in [3.8, 4) is 0 Å². The summed E-state index contributed by atoms with van der Waals surface area (Å²) in [6, 6.07) is 0. The Balaban J connectivity index is 2.37. The van der Waals surface area contributed by atoms with Crippen LogP contribution in [0.5, 0.6) is 0 Å². The van der Waals surface area contributed by atoms with Gasteiger partial charge in [-0.05, 0) is 45.4 Å². The van der Waals surface area contributed by atoms with Crippen LogP contribution in [-0.4, -0.2) is 40.4 Å². The summed E-state index contributed by atoms with van der Waals surface area (Å²) in [5.41, 5.74) is 0. The summed E-state index contributed by atoms with van der Waals surface area (Å²) in [5, 5.41) is 19.6. The van der Waals surface area contributed by atoms with Gasteiger partial charge >= 0.3 is 0 Å². The highest BCUT2D eigenvalue weighted by atomic mass is 16.6. The van der Waals surface area contributed by atoms with Gasteiger partial charge in [0.15, 0.2) is 5.78 Å². The molecular formula is C16H30O4. The van der Waals surface area contributed by atoms with Crippen LogP contribution in [0.2, 0.25) is 0 Å². The number of carbonyl (C=O) groups excluding carboxylic acids is 1. The van der Waals surface area contributed by atoms with Gasteiger partial charge in [0.05, 0.1) is 18.3 Å². The Morgan fingerprint density at radius 1 is 1.20 bits per heavy atom. The van der Waals surface area contributed by atoms with E-state index in [0.29, 0.717) is 25.0 Å². The molecule has 0 aliphatic carbocycles. The van der Waals surface area contributed by atoms with Crippen LogP contribution in [0.1, 0.15) is 59.8 Å². The van der Waals surface area contributed by atoms with Gasteiger partial charge in [-0.15, -0.1) is 0 Å². The fourth-order valence-electron chi connectivity index (χ4n) is 2.65. The topological polar surface area (TPSA) is 70.1 Å². The van der Waals surface area contributed by atoms with Crippen molar-refractivity contribution >= 4 is 5.78 Å². The fraction of sp³-hybridized carbons (Fsp3) is 0.938. The Labute approximate surface area is 122 Å². The van der Waals surface area contributed by atoms with Gasteiger partial charge in [0, 0.05) is 5.92 Å². The van der Waals surface area contributed by atoms with E-state index in [1.807, 2.05) is 20.8 Å². The van der Waals surface area contributed by atoms with Crippen molar-refractivity contribution in [2.45, 2.75) is 84.2 Å². The average Bonchev–Trinajstić information content (AvgIpc) is 3.11. The fourth-order valence-corrected chi connectivity index (χ4v) is 2.65. The summed E-state index contributed by atoms with van der Waals surface area (Å²) in [6.45, 7) is 7.64. The van der Waals surface area contributed by atoms with Crippen LogP contribution in [0, 0.1) is 11.8 Å². The quantitative estimate of drug-likeness (QED) is 0.605. The zero-order chi connectivity index (χ0) is 15.3. The van der Waals surface area contributed by atoms with E-state index in [2.05, 4.69) is 0 Å². The Kier molecular flexibility index (Phi) is 7.13. The zero-order valence-corrected chi connectivity index (χ0v) is 13.2. The molecule has 0 saturated carbocycles. The van der Waals surface area contributed by atoms with E-state index in [1.54, 1.807) is 6.92 Å². The van der Waals surface area contributed by atoms with Gasteiger partial charge in [0.2, 0.25) is 0 Å². The van der Waals surface area contributed by atoms with Crippen LogP contribution >= 0.6 is 0 Å². The molecule has 0 bridgehead atoms. The van der Waals surface area contributed by atoms with Gasteiger partial charge in [-0.1, -0.05) is 20.3 Å². The molecule has 2 N–H and O–H groups in total. The second-order valence-corrected chi connectivity index (χ2v) is 6.30. The third-order valence-electron chi connectivity index (χ3n) is 4.42. The summed E-state index contributed by atoms with van der Waals surface area (Å²) in [6.07, 6.45) is 3.11. The number of rotatable bonds is 10. The molecule has 0 aromatic carbocycles. The number of aliphatic hydroxyl groups excluding tert-OH is 2. The Bertz CT molecular complexity index is 303. The van der Waals surface area contributed by atoms with Crippen molar-refractivity contribution in [2.75, 3.05) is 0 Å². The van der Waals surface area contributed by atoms with E-state index in [9.17, 15) is 15.0 Å². The molecule has 0 spiro atoms. The maximum absolute atomic E-state index is 12.2. The van der Waals surface area contributed by atoms with Crippen LogP contribution in [-0.2, 0) is 9.53 Å². The van der Waals surface area contributed by atoms with Gasteiger partial charge in [-0.2, -0.15) is 0 Å². The first-order valence-corrected chi connectivity index (χ1v) is 7.92. The maximum atomic E-state index is 12.2. The van der Waals surface area contributed by atoms with Crippen LogP contribution in [0.4, 0.5) is 0 Å². The van der Waals surface area contributed by atoms with Crippen LogP contribution in [0.25, 0.3) is 0 Å². The number of Topliss-reactive ketones (excluding diaryl/α,β-unsaturated/α-hetero) is 1. The minimum absolute atomic E-state index is 0.0457. The predicted octanol–water partition coefficient (Wildman–Crippen LogP) is 2.31. The molecule has 1 aliphatic rings. The van der Waals surface area contributed by atoms with Crippen LogP contribution < -0.4 is 0 Å². The third-order valence-corrected chi connectivity index (χ3v) is 4.42. The SMILES string of the molecule is CCC(CCC(C)O)C(O)C(=O)C(C)CCC1OC1C.